The van der Waals surface area contributed by atoms with Gasteiger partial charge in [-0.1, -0.05) is 32.6 Å². The van der Waals surface area contributed by atoms with Crippen molar-refractivity contribution in [2.24, 2.45) is 0 Å². The van der Waals surface area contributed by atoms with Crippen molar-refractivity contribution in [3.8, 4) is 6.07 Å². The number of aromatic nitrogens is 3. The second-order valence-corrected chi connectivity index (χ2v) is 15.1. The van der Waals surface area contributed by atoms with Crippen molar-refractivity contribution in [2.75, 3.05) is 32.1 Å². The summed E-state index contributed by atoms with van der Waals surface area (Å²) in [4.78, 5) is 0. The topological polar surface area (TPSA) is 79.8 Å². The van der Waals surface area contributed by atoms with Gasteiger partial charge in [0.05, 0.1) is 18.7 Å². The number of nitriles is 1. The lowest BCUT2D eigenvalue weighted by Crippen LogP contribution is -2.60. The SMILES string of the molecule is CC/C=C(/c1cnn(C2(CC#N)CNC2)c1)c1ccn(COCC[Si](C)(C)C)c1NC. The molecule has 0 radical (unpaired) electrons. The lowest BCUT2D eigenvalue weighted by molar-refractivity contribution is 0.0888. The Kier molecular flexibility index (Phi) is 7.41. The lowest BCUT2D eigenvalue weighted by atomic mass is 9.89. The fraction of sp³-hybridized carbons (Fsp3) is 0.565. The average molecular weight is 441 g/mol. The molecule has 8 heteroatoms. The van der Waals surface area contributed by atoms with E-state index in [0.717, 1.165) is 54.7 Å². The quantitative estimate of drug-likeness (QED) is 0.406. The first-order chi connectivity index (χ1) is 14.8. The maximum atomic E-state index is 9.26. The van der Waals surface area contributed by atoms with Crippen LogP contribution in [0.15, 0.2) is 30.7 Å². The van der Waals surface area contributed by atoms with Gasteiger partial charge in [0.2, 0.25) is 0 Å². The third-order valence-corrected chi connectivity index (χ3v) is 7.53. The van der Waals surface area contributed by atoms with Crippen molar-refractivity contribution in [3.05, 3.63) is 41.9 Å². The molecule has 1 aliphatic rings. The zero-order valence-electron chi connectivity index (χ0n) is 19.5. The summed E-state index contributed by atoms with van der Waals surface area (Å²) < 4.78 is 10.1. The first-order valence-electron chi connectivity index (χ1n) is 11.1. The molecule has 0 saturated carbocycles. The molecule has 0 aromatic carbocycles. The van der Waals surface area contributed by atoms with Crippen LogP contribution in [-0.2, 0) is 17.0 Å². The summed E-state index contributed by atoms with van der Waals surface area (Å²) in [7, 11) is 0.855. The molecule has 7 nitrogen and oxygen atoms in total. The number of rotatable bonds is 11. The Bertz CT molecular complexity index is 942. The summed E-state index contributed by atoms with van der Waals surface area (Å²) >= 11 is 0. The van der Waals surface area contributed by atoms with Gasteiger partial charge >= 0.3 is 0 Å². The summed E-state index contributed by atoms with van der Waals surface area (Å²) in [5.74, 6) is 1.04. The molecule has 1 saturated heterocycles. The van der Waals surface area contributed by atoms with Crippen LogP contribution < -0.4 is 10.6 Å². The smallest absolute Gasteiger partial charge is 0.124 e. The minimum atomic E-state index is -1.10. The fourth-order valence-corrected chi connectivity index (χ4v) is 4.61. The number of anilines is 1. The second kappa shape index (κ2) is 9.85. The summed E-state index contributed by atoms with van der Waals surface area (Å²) in [6.07, 6.45) is 9.70. The zero-order valence-corrected chi connectivity index (χ0v) is 20.5. The third-order valence-electron chi connectivity index (χ3n) is 5.82. The number of nitrogens with zero attached hydrogens (tertiary/aromatic N) is 4. The van der Waals surface area contributed by atoms with Crippen LogP contribution in [0.3, 0.4) is 0 Å². The van der Waals surface area contributed by atoms with Crippen LogP contribution >= 0.6 is 0 Å². The highest BCUT2D eigenvalue weighted by atomic mass is 28.3. The molecule has 0 atom stereocenters. The molecule has 1 fully saturated rings. The van der Waals surface area contributed by atoms with E-state index < -0.39 is 8.07 Å². The van der Waals surface area contributed by atoms with Crippen LogP contribution in [0.25, 0.3) is 5.57 Å². The maximum Gasteiger partial charge on any atom is 0.124 e. The zero-order chi connectivity index (χ0) is 22.5. The molecule has 3 heterocycles. The molecular weight excluding hydrogens is 404 g/mol. The maximum absolute atomic E-state index is 9.26. The van der Waals surface area contributed by atoms with Crippen LogP contribution in [0, 0.1) is 11.3 Å². The number of nitrogens with one attached hydrogen (secondary N) is 2. The van der Waals surface area contributed by atoms with Gasteiger partial charge in [0.25, 0.3) is 0 Å². The fourth-order valence-electron chi connectivity index (χ4n) is 3.85. The Balaban J connectivity index is 1.82. The number of hydrogen-bond donors (Lipinski definition) is 2. The van der Waals surface area contributed by atoms with Crippen LogP contribution in [0.4, 0.5) is 5.82 Å². The van der Waals surface area contributed by atoms with Crippen LogP contribution in [-0.4, -0.2) is 49.2 Å². The Morgan fingerprint density at radius 2 is 2.19 bits per heavy atom. The lowest BCUT2D eigenvalue weighted by Gasteiger charge is -2.41. The van der Waals surface area contributed by atoms with Gasteiger partial charge in [0.1, 0.15) is 18.1 Å². The van der Waals surface area contributed by atoms with E-state index in [-0.39, 0.29) is 5.54 Å². The van der Waals surface area contributed by atoms with E-state index in [2.05, 4.69) is 77.5 Å². The first kappa shape index (κ1) is 23.3. The molecule has 1 aliphatic heterocycles. The van der Waals surface area contributed by atoms with Gasteiger partial charge in [-0.15, -0.1) is 0 Å². The first-order valence-corrected chi connectivity index (χ1v) is 14.8. The largest absolute Gasteiger partial charge is 0.374 e. The molecule has 31 heavy (non-hydrogen) atoms. The highest BCUT2D eigenvalue weighted by molar-refractivity contribution is 6.76. The van der Waals surface area contributed by atoms with Crippen molar-refractivity contribution in [1.82, 2.24) is 19.7 Å². The molecule has 2 N–H and O–H groups in total. The summed E-state index contributed by atoms with van der Waals surface area (Å²) in [6, 6.07) is 5.62. The third kappa shape index (κ3) is 5.29. The molecule has 0 amide bonds. The van der Waals surface area contributed by atoms with Crippen LogP contribution in [0.5, 0.6) is 0 Å². The minimum Gasteiger partial charge on any atom is -0.374 e. The van der Waals surface area contributed by atoms with E-state index >= 15 is 0 Å². The molecule has 0 aliphatic carbocycles. The molecule has 2 aromatic heterocycles. The van der Waals surface area contributed by atoms with E-state index in [1.807, 2.05) is 17.9 Å². The molecule has 2 aromatic rings. The Labute approximate surface area is 187 Å². The Morgan fingerprint density at radius 3 is 2.77 bits per heavy atom. The average Bonchev–Trinajstić information content (AvgIpc) is 3.32. The predicted octanol–water partition coefficient (Wildman–Crippen LogP) is 4.09. The van der Waals surface area contributed by atoms with Gasteiger partial charge in [-0.3, -0.25) is 4.68 Å². The number of allylic oxidation sites excluding steroid dienone is 1. The summed E-state index contributed by atoms with van der Waals surface area (Å²) in [5.41, 5.74) is 3.13. The monoisotopic (exact) mass is 440 g/mol. The summed E-state index contributed by atoms with van der Waals surface area (Å²) in [6.45, 7) is 12.1. The number of hydrogen-bond acceptors (Lipinski definition) is 5. The van der Waals surface area contributed by atoms with Crippen molar-refractivity contribution in [3.63, 3.8) is 0 Å². The van der Waals surface area contributed by atoms with Gasteiger partial charge in [0, 0.05) is 58.3 Å². The van der Waals surface area contributed by atoms with Gasteiger partial charge in [-0.25, -0.2) is 0 Å². The number of ether oxygens (including phenoxy) is 1. The van der Waals surface area contributed by atoms with E-state index in [1.165, 1.54) is 0 Å². The standard InChI is InChI=1S/C23H36N6OSi/c1-6-7-20(19-14-27-29(15-19)23(9-10-24)16-26-17-23)21-8-11-28(22(21)25-2)18-30-12-13-31(3,4)5/h7-8,11,14-15,25-26H,6,9,12-13,16-18H2,1-5H3/b20-7-. The van der Waals surface area contributed by atoms with E-state index in [1.54, 1.807) is 0 Å². The van der Waals surface area contributed by atoms with Crippen LogP contribution in [0.1, 0.15) is 30.9 Å². The van der Waals surface area contributed by atoms with Gasteiger partial charge < -0.3 is 19.9 Å². The van der Waals surface area contributed by atoms with Crippen molar-refractivity contribution in [1.29, 1.82) is 5.26 Å². The van der Waals surface area contributed by atoms with Crippen molar-refractivity contribution in [2.45, 2.75) is 57.7 Å². The molecule has 0 spiro atoms. The van der Waals surface area contributed by atoms with E-state index in [0.29, 0.717) is 13.2 Å². The molecule has 0 unspecified atom stereocenters. The molecular formula is C23H36N6OSi. The highest BCUT2D eigenvalue weighted by Gasteiger charge is 2.39. The highest BCUT2D eigenvalue weighted by Crippen LogP contribution is 2.33. The normalized spacial score (nSPS) is 16.1. The Morgan fingerprint density at radius 1 is 1.42 bits per heavy atom. The minimum absolute atomic E-state index is 0.230. The second-order valence-electron chi connectivity index (χ2n) is 9.51. The predicted molar refractivity (Wildman–Crippen MR) is 129 cm³/mol. The van der Waals surface area contributed by atoms with Gasteiger partial charge in [-0.2, -0.15) is 10.4 Å². The van der Waals surface area contributed by atoms with Gasteiger partial charge in [0.15, 0.2) is 0 Å². The Hall–Kier alpha value is -2.34. The van der Waals surface area contributed by atoms with Gasteiger partial charge in [-0.05, 0) is 24.1 Å². The van der Waals surface area contributed by atoms with Crippen LogP contribution in [0.2, 0.25) is 25.7 Å². The molecule has 168 valence electrons. The van der Waals surface area contributed by atoms with E-state index in [9.17, 15) is 5.26 Å². The molecule has 0 bridgehead atoms. The van der Waals surface area contributed by atoms with Crippen molar-refractivity contribution >= 4 is 19.5 Å². The van der Waals surface area contributed by atoms with Crippen molar-refractivity contribution < 1.29 is 4.74 Å². The molecule has 3 rings (SSSR count). The summed E-state index contributed by atoms with van der Waals surface area (Å²) in [5, 5.41) is 20.5. The van der Waals surface area contributed by atoms with E-state index in [4.69, 9.17) is 4.74 Å².